The molecule has 1 aromatic rings. The molecule has 0 aliphatic rings. The highest BCUT2D eigenvalue weighted by molar-refractivity contribution is 6.28. The Morgan fingerprint density at radius 1 is 1.50 bits per heavy atom. The van der Waals surface area contributed by atoms with Crippen LogP contribution in [0.5, 0.6) is 0 Å². The van der Waals surface area contributed by atoms with Crippen molar-refractivity contribution >= 4 is 11.6 Å². The van der Waals surface area contributed by atoms with Crippen molar-refractivity contribution in [1.82, 2.24) is 5.32 Å². The summed E-state index contributed by atoms with van der Waals surface area (Å²) in [5.41, 5.74) is 0. The summed E-state index contributed by atoms with van der Waals surface area (Å²) >= 11 is 5.61. The number of hydrogen-bond donors (Lipinski definition) is 1. The summed E-state index contributed by atoms with van der Waals surface area (Å²) in [7, 11) is 0. The number of hydrogen-bond acceptors (Lipinski definition) is 2. The lowest BCUT2D eigenvalue weighted by atomic mass is 10.3. The molecule has 1 N–H and O–H groups in total. The van der Waals surface area contributed by atoms with Crippen LogP contribution in [-0.2, 0) is 6.54 Å². The van der Waals surface area contributed by atoms with E-state index in [1.807, 2.05) is 6.07 Å². The van der Waals surface area contributed by atoms with Gasteiger partial charge in [-0.05, 0) is 36.7 Å². The van der Waals surface area contributed by atoms with E-state index < -0.39 is 0 Å². The lowest BCUT2D eigenvalue weighted by Gasteiger charge is -1.99. The fraction of sp³-hybridized carbons (Fsp3) is 0.556. The Morgan fingerprint density at radius 3 is 2.92 bits per heavy atom. The maximum atomic E-state index is 5.61. The van der Waals surface area contributed by atoms with Gasteiger partial charge in [0, 0.05) is 0 Å². The molecule has 0 bridgehead atoms. The largest absolute Gasteiger partial charge is 0.448 e. The average molecular weight is 188 g/mol. The van der Waals surface area contributed by atoms with Crippen LogP contribution in [-0.4, -0.2) is 6.54 Å². The zero-order chi connectivity index (χ0) is 8.81. The Hall–Kier alpha value is -0.470. The molecule has 1 aromatic heterocycles. The third-order valence-corrected chi connectivity index (χ3v) is 1.84. The van der Waals surface area contributed by atoms with Gasteiger partial charge in [0.25, 0.3) is 0 Å². The van der Waals surface area contributed by atoms with Crippen molar-refractivity contribution in [2.24, 2.45) is 0 Å². The van der Waals surface area contributed by atoms with Crippen LogP contribution in [0.4, 0.5) is 0 Å². The van der Waals surface area contributed by atoms with Gasteiger partial charge >= 0.3 is 0 Å². The molecular weight excluding hydrogens is 174 g/mol. The zero-order valence-electron chi connectivity index (χ0n) is 7.27. The molecule has 2 nitrogen and oxygen atoms in total. The fourth-order valence-corrected chi connectivity index (χ4v) is 1.12. The summed E-state index contributed by atoms with van der Waals surface area (Å²) in [6, 6.07) is 3.65. The average Bonchev–Trinajstić information content (AvgIpc) is 2.45. The van der Waals surface area contributed by atoms with E-state index in [1.54, 1.807) is 6.07 Å². The van der Waals surface area contributed by atoms with Crippen LogP contribution >= 0.6 is 11.6 Å². The highest BCUT2D eigenvalue weighted by atomic mass is 35.5. The Kier molecular flexibility index (Phi) is 4.19. The lowest BCUT2D eigenvalue weighted by molar-refractivity contribution is 0.482. The molecule has 0 saturated heterocycles. The highest BCUT2D eigenvalue weighted by Gasteiger charge is 1.97. The van der Waals surface area contributed by atoms with E-state index >= 15 is 0 Å². The standard InChI is InChI=1S/C9H14ClNO/c1-2-3-6-11-7-8-4-5-9(10)12-8/h4-5,11H,2-3,6-7H2,1H3. The molecule has 0 aromatic carbocycles. The lowest BCUT2D eigenvalue weighted by Crippen LogP contribution is -2.13. The first-order chi connectivity index (χ1) is 5.83. The number of nitrogens with one attached hydrogen (secondary N) is 1. The number of rotatable bonds is 5. The van der Waals surface area contributed by atoms with Gasteiger partial charge in [-0.1, -0.05) is 13.3 Å². The third kappa shape index (κ3) is 3.28. The van der Waals surface area contributed by atoms with Crippen LogP contribution in [0.15, 0.2) is 16.5 Å². The van der Waals surface area contributed by atoms with Crippen molar-refractivity contribution in [2.45, 2.75) is 26.3 Å². The minimum absolute atomic E-state index is 0.460. The number of halogens is 1. The summed E-state index contributed by atoms with van der Waals surface area (Å²) in [5, 5.41) is 3.72. The van der Waals surface area contributed by atoms with Gasteiger partial charge in [0.1, 0.15) is 5.76 Å². The Labute approximate surface area is 77.9 Å². The predicted octanol–water partition coefficient (Wildman–Crippen LogP) is 2.82. The van der Waals surface area contributed by atoms with Crippen LogP contribution in [0.1, 0.15) is 25.5 Å². The molecule has 0 aliphatic carbocycles. The minimum atomic E-state index is 0.460. The van der Waals surface area contributed by atoms with Gasteiger partial charge in [-0.2, -0.15) is 0 Å². The van der Waals surface area contributed by atoms with Crippen molar-refractivity contribution in [1.29, 1.82) is 0 Å². The molecule has 0 fully saturated rings. The highest BCUT2D eigenvalue weighted by Crippen LogP contribution is 2.12. The van der Waals surface area contributed by atoms with Gasteiger partial charge in [0.15, 0.2) is 5.22 Å². The summed E-state index contributed by atoms with van der Waals surface area (Å²) in [6.45, 7) is 3.98. The molecule has 1 rings (SSSR count). The molecule has 0 atom stereocenters. The summed E-state index contributed by atoms with van der Waals surface area (Å²) in [5.74, 6) is 0.899. The molecule has 0 amide bonds. The van der Waals surface area contributed by atoms with Crippen LogP contribution in [0, 0.1) is 0 Å². The number of furan rings is 1. The van der Waals surface area contributed by atoms with E-state index in [-0.39, 0.29) is 0 Å². The van der Waals surface area contributed by atoms with E-state index in [2.05, 4.69) is 12.2 Å². The van der Waals surface area contributed by atoms with Crippen molar-refractivity contribution in [2.75, 3.05) is 6.54 Å². The minimum Gasteiger partial charge on any atom is -0.448 e. The summed E-state index contributed by atoms with van der Waals surface area (Å²) < 4.78 is 5.17. The maximum absolute atomic E-state index is 5.61. The first-order valence-electron chi connectivity index (χ1n) is 4.28. The van der Waals surface area contributed by atoms with Crippen LogP contribution in [0.2, 0.25) is 5.22 Å². The van der Waals surface area contributed by atoms with Gasteiger partial charge in [-0.25, -0.2) is 0 Å². The first-order valence-corrected chi connectivity index (χ1v) is 4.65. The van der Waals surface area contributed by atoms with Gasteiger partial charge in [0.2, 0.25) is 0 Å². The quantitative estimate of drug-likeness (QED) is 0.718. The second-order valence-corrected chi connectivity index (χ2v) is 3.11. The predicted molar refractivity (Wildman–Crippen MR) is 50.3 cm³/mol. The SMILES string of the molecule is CCCCNCc1ccc(Cl)o1. The Balaban J connectivity index is 2.15. The van der Waals surface area contributed by atoms with Crippen molar-refractivity contribution in [3.63, 3.8) is 0 Å². The van der Waals surface area contributed by atoms with Gasteiger partial charge in [-0.3, -0.25) is 0 Å². The van der Waals surface area contributed by atoms with E-state index in [9.17, 15) is 0 Å². The van der Waals surface area contributed by atoms with Crippen LogP contribution in [0.3, 0.4) is 0 Å². The van der Waals surface area contributed by atoms with Gasteiger partial charge < -0.3 is 9.73 Å². The second kappa shape index (κ2) is 5.22. The van der Waals surface area contributed by atoms with Crippen molar-refractivity contribution in [3.8, 4) is 0 Å². The second-order valence-electron chi connectivity index (χ2n) is 2.74. The van der Waals surface area contributed by atoms with E-state index in [0.29, 0.717) is 5.22 Å². The number of unbranched alkanes of at least 4 members (excludes halogenated alkanes) is 1. The smallest absolute Gasteiger partial charge is 0.193 e. The molecule has 0 radical (unpaired) electrons. The fourth-order valence-electron chi connectivity index (χ4n) is 0.960. The molecule has 0 unspecified atom stereocenters. The van der Waals surface area contributed by atoms with E-state index in [1.165, 1.54) is 12.8 Å². The van der Waals surface area contributed by atoms with E-state index in [4.69, 9.17) is 16.0 Å². The molecular formula is C9H14ClNO. The molecule has 0 saturated carbocycles. The molecule has 12 heavy (non-hydrogen) atoms. The van der Waals surface area contributed by atoms with E-state index in [0.717, 1.165) is 18.8 Å². The topological polar surface area (TPSA) is 25.2 Å². The molecule has 0 spiro atoms. The Morgan fingerprint density at radius 2 is 2.33 bits per heavy atom. The first kappa shape index (κ1) is 9.62. The third-order valence-electron chi connectivity index (χ3n) is 1.64. The summed E-state index contributed by atoms with van der Waals surface area (Å²) in [6.07, 6.45) is 2.42. The molecule has 1 heterocycles. The monoisotopic (exact) mass is 187 g/mol. The molecule has 3 heteroatoms. The van der Waals surface area contributed by atoms with Crippen LogP contribution < -0.4 is 5.32 Å². The molecule has 0 aliphatic heterocycles. The maximum Gasteiger partial charge on any atom is 0.193 e. The zero-order valence-corrected chi connectivity index (χ0v) is 8.03. The normalized spacial score (nSPS) is 10.5. The Bertz CT molecular complexity index is 222. The van der Waals surface area contributed by atoms with Gasteiger partial charge in [0.05, 0.1) is 6.54 Å². The van der Waals surface area contributed by atoms with Crippen LogP contribution in [0.25, 0.3) is 0 Å². The van der Waals surface area contributed by atoms with Gasteiger partial charge in [-0.15, -0.1) is 0 Å². The van der Waals surface area contributed by atoms with Crippen molar-refractivity contribution < 1.29 is 4.42 Å². The van der Waals surface area contributed by atoms with Crippen molar-refractivity contribution in [3.05, 3.63) is 23.1 Å². The molecule has 68 valence electrons. The summed E-state index contributed by atoms with van der Waals surface area (Å²) in [4.78, 5) is 0.